The van der Waals surface area contributed by atoms with Gasteiger partial charge < -0.3 is 15.0 Å². The summed E-state index contributed by atoms with van der Waals surface area (Å²) >= 11 is 2.11. The molecule has 0 aromatic rings. The summed E-state index contributed by atoms with van der Waals surface area (Å²) in [5, 5.41) is 3.63. The van der Waals surface area contributed by atoms with Gasteiger partial charge in [0.2, 0.25) is 0 Å². The third-order valence-electron chi connectivity index (χ3n) is 4.13. The molecule has 1 atom stereocenters. The van der Waals surface area contributed by atoms with Crippen molar-refractivity contribution in [3.8, 4) is 0 Å². The zero-order chi connectivity index (χ0) is 13.9. The maximum Gasteiger partial charge on any atom is 0.0547 e. The van der Waals surface area contributed by atoms with Crippen LogP contribution in [0.1, 0.15) is 34.1 Å². The number of rotatable bonds is 5. The van der Waals surface area contributed by atoms with Crippen molar-refractivity contribution in [1.82, 2.24) is 10.2 Å². The SMILES string of the molecule is CC(C)NCC1(CN2CCSC(C)(C)C2)CCOC1. The normalized spacial score (nSPS) is 32.1. The average Bonchev–Trinajstić information content (AvgIpc) is 2.74. The zero-order valence-electron chi connectivity index (χ0n) is 13.0. The van der Waals surface area contributed by atoms with Crippen LogP contribution in [0.25, 0.3) is 0 Å². The average molecular weight is 286 g/mol. The molecule has 2 heterocycles. The van der Waals surface area contributed by atoms with Crippen LogP contribution in [-0.2, 0) is 4.74 Å². The molecule has 0 spiro atoms. The lowest BCUT2D eigenvalue weighted by Gasteiger charge is -2.42. The zero-order valence-corrected chi connectivity index (χ0v) is 13.8. The third kappa shape index (κ3) is 4.62. The van der Waals surface area contributed by atoms with Crippen molar-refractivity contribution in [2.24, 2.45) is 5.41 Å². The molecule has 0 radical (unpaired) electrons. The van der Waals surface area contributed by atoms with Crippen LogP contribution in [0.2, 0.25) is 0 Å². The highest BCUT2D eigenvalue weighted by Gasteiger charge is 2.38. The molecule has 0 aromatic heterocycles. The van der Waals surface area contributed by atoms with Crippen LogP contribution in [0.3, 0.4) is 0 Å². The van der Waals surface area contributed by atoms with Crippen LogP contribution in [-0.4, -0.2) is 60.8 Å². The molecule has 0 amide bonds. The van der Waals surface area contributed by atoms with E-state index in [1.54, 1.807) is 0 Å². The van der Waals surface area contributed by atoms with E-state index in [4.69, 9.17) is 4.74 Å². The van der Waals surface area contributed by atoms with E-state index in [-0.39, 0.29) is 0 Å². The molecule has 3 nitrogen and oxygen atoms in total. The van der Waals surface area contributed by atoms with Crippen molar-refractivity contribution < 1.29 is 4.74 Å². The van der Waals surface area contributed by atoms with Gasteiger partial charge in [-0.3, -0.25) is 0 Å². The Balaban J connectivity index is 1.92. The second-order valence-electron chi connectivity index (χ2n) is 7.16. The van der Waals surface area contributed by atoms with Gasteiger partial charge in [0, 0.05) is 54.7 Å². The molecule has 2 saturated heterocycles. The third-order valence-corrected chi connectivity index (χ3v) is 5.43. The number of ether oxygens (including phenoxy) is 1. The maximum atomic E-state index is 5.71. The van der Waals surface area contributed by atoms with Gasteiger partial charge in [-0.1, -0.05) is 13.8 Å². The van der Waals surface area contributed by atoms with Crippen LogP contribution in [0.4, 0.5) is 0 Å². The molecule has 0 bridgehead atoms. The smallest absolute Gasteiger partial charge is 0.0547 e. The molecule has 0 aliphatic carbocycles. The number of thioether (sulfide) groups is 1. The highest BCUT2D eigenvalue weighted by molar-refractivity contribution is 8.00. The van der Waals surface area contributed by atoms with Gasteiger partial charge in [-0.05, 0) is 20.3 Å². The first kappa shape index (κ1) is 15.6. The number of hydrogen-bond donors (Lipinski definition) is 1. The molecule has 2 aliphatic heterocycles. The summed E-state index contributed by atoms with van der Waals surface area (Å²) in [6.45, 7) is 15.8. The van der Waals surface area contributed by atoms with Crippen molar-refractivity contribution in [2.75, 3.05) is 45.1 Å². The minimum absolute atomic E-state index is 0.336. The lowest BCUT2D eigenvalue weighted by molar-refractivity contribution is 0.104. The van der Waals surface area contributed by atoms with E-state index in [2.05, 4.69) is 49.7 Å². The Hall–Kier alpha value is 0.230. The predicted molar refractivity (Wildman–Crippen MR) is 84.0 cm³/mol. The highest BCUT2D eigenvalue weighted by Crippen LogP contribution is 2.34. The minimum Gasteiger partial charge on any atom is -0.381 e. The maximum absolute atomic E-state index is 5.71. The molecule has 19 heavy (non-hydrogen) atoms. The lowest BCUT2D eigenvalue weighted by atomic mass is 9.86. The summed E-state index contributed by atoms with van der Waals surface area (Å²) in [5.74, 6) is 1.27. The van der Waals surface area contributed by atoms with Gasteiger partial charge in [-0.15, -0.1) is 0 Å². The molecular formula is C15H30N2OS. The van der Waals surface area contributed by atoms with E-state index in [0.717, 1.165) is 19.8 Å². The fraction of sp³-hybridized carbons (Fsp3) is 1.00. The lowest BCUT2D eigenvalue weighted by Crippen LogP contribution is -2.51. The first-order valence-electron chi connectivity index (χ1n) is 7.58. The van der Waals surface area contributed by atoms with Gasteiger partial charge in [-0.2, -0.15) is 11.8 Å². The molecule has 4 heteroatoms. The van der Waals surface area contributed by atoms with Gasteiger partial charge in [0.15, 0.2) is 0 Å². The summed E-state index contributed by atoms with van der Waals surface area (Å²) < 4.78 is 6.12. The molecule has 2 fully saturated rings. The number of nitrogens with zero attached hydrogens (tertiary/aromatic N) is 1. The topological polar surface area (TPSA) is 24.5 Å². The summed E-state index contributed by atoms with van der Waals surface area (Å²) in [6.07, 6.45) is 1.21. The van der Waals surface area contributed by atoms with Crippen LogP contribution in [0, 0.1) is 5.41 Å². The number of hydrogen-bond acceptors (Lipinski definition) is 4. The van der Waals surface area contributed by atoms with Crippen molar-refractivity contribution in [3.63, 3.8) is 0 Å². The standard InChI is InChI=1S/C15H30N2OS/c1-13(2)16-9-15(5-7-18-12-15)11-17-6-8-19-14(3,4)10-17/h13,16H,5-12H2,1-4H3. The van der Waals surface area contributed by atoms with Crippen molar-refractivity contribution in [3.05, 3.63) is 0 Å². The Morgan fingerprint density at radius 3 is 2.74 bits per heavy atom. The molecule has 0 saturated carbocycles. The van der Waals surface area contributed by atoms with Gasteiger partial charge in [0.25, 0.3) is 0 Å². The Labute approximate surface area is 122 Å². The van der Waals surface area contributed by atoms with Gasteiger partial charge in [0.05, 0.1) is 6.61 Å². The van der Waals surface area contributed by atoms with Gasteiger partial charge >= 0.3 is 0 Å². The van der Waals surface area contributed by atoms with E-state index in [1.165, 1.54) is 31.8 Å². The monoisotopic (exact) mass is 286 g/mol. The summed E-state index contributed by atoms with van der Waals surface area (Å²) in [6, 6.07) is 0.561. The van der Waals surface area contributed by atoms with Crippen LogP contribution >= 0.6 is 11.8 Å². The van der Waals surface area contributed by atoms with Crippen molar-refractivity contribution >= 4 is 11.8 Å². The molecule has 2 aliphatic rings. The van der Waals surface area contributed by atoms with Gasteiger partial charge in [0.1, 0.15) is 0 Å². The van der Waals surface area contributed by atoms with E-state index < -0.39 is 0 Å². The Morgan fingerprint density at radius 1 is 1.37 bits per heavy atom. The van der Waals surface area contributed by atoms with Gasteiger partial charge in [-0.25, -0.2) is 0 Å². The summed E-state index contributed by atoms with van der Waals surface area (Å²) in [7, 11) is 0. The summed E-state index contributed by atoms with van der Waals surface area (Å²) in [5.41, 5.74) is 0.336. The second kappa shape index (κ2) is 6.33. The Kier molecular flexibility index (Phi) is 5.21. The van der Waals surface area contributed by atoms with E-state index >= 15 is 0 Å². The van der Waals surface area contributed by atoms with Crippen LogP contribution in [0.5, 0.6) is 0 Å². The van der Waals surface area contributed by atoms with Crippen LogP contribution < -0.4 is 5.32 Å². The molecule has 0 aromatic carbocycles. The predicted octanol–water partition coefficient (Wildman–Crippen LogP) is 2.22. The molecule has 1 unspecified atom stereocenters. The first-order chi connectivity index (χ1) is 8.91. The Morgan fingerprint density at radius 2 is 2.16 bits per heavy atom. The Bertz CT molecular complexity index is 288. The van der Waals surface area contributed by atoms with E-state index in [9.17, 15) is 0 Å². The summed E-state index contributed by atoms with van der Waals surface area (Å²) in [4.78, 5) is 2.66. The molecule has 2 rings (SSSR count). The molecule has 1 N–H and O–H groups in total. The second-order valence-corrected chi connectivity index (χ2v) is 8.96. The fourth-order valence-electron chi connectivity index (χ4n) is 3.11. The minimum atomic E-state index is 0.336. The largest absolute Gasteiger partial charge is 0.381 e. The number of nitrogens with one attached hydrogen (secondary N) is 1. The van der Waals surface area contributed by atoms with E-state index in [1.807, 2.05) is 0 Å². The van der Waals surface area contributed by atoms with Crippen LogP contribution in [0.15, 0.2) is 0 Å². The van der Waals surface area contributed by atoms with Crippen molar-refractivity contribution in [2.45, 2.75) is 44.9 Å². The quantitative estimate of drug-likeness (QED) is 0.837. The first-order valence-corrected chi connectivity index (χ1v) is 8.57. The highest BCUT2D eigenvalue weighted by atomic mass is 32.2. The molecule has 112 valence electrons. The molecular weight excluding hydrogens is 256 g/mol. The van der Waals surface area contributed by atoms with Crippen molar-refractivity contribution in [1.29, 1.82) is 0 Å². The van der Waals surface area contributed by atoms with E-state index in [0.29, 0.717) is 16.2 Å². The fourth-order valence-corrected chi connectivity index (χ4v) is 4.29.